The SMILES string of the molecule is CCCS(=O)(=O)NC1CCN(C(=O)NCc2ccnc(OC)c2)CC1. The van der Waals surface area contributed by atoms with Gasteiger partial charge < -0.3 is 15.0 Å². The van der Waals surface area contributed by atoms with Gasteiger partial charge in [0.25, 0.3) is 0 Å². The van der Waals surface area contributed by atoms with Crippen LogP contribution in [0, 0.1) is 0 Å². The summed E-state index contributed by atoms with van der Waals surface area (Å²) in [6, 6.07) is 3.35. The molecule has 0 spiro atoms. The molecular formula is C16H26N4O4S. The summed E-state index contributed by atoms with van der Waals surface area (Å²) < 4.78 is 31.4. The average Bonchev–Trinajstić information content (AvgIpc) is 2.60. The van der Waals surface area contributed by atoms with Crippen molar-refractivity contribution in [1.29, 1.82) is 0 Å². The smallest absolute Gasteiger partial charge is 0.317 e. The molecule has 0 aliphatic carbocycles. The largest absolute Gasteiger partial charge is 0.481 e. The van der Waals surface area contributed by atoms with Crippen LogP contribution in [0.1, 0.15) is 31.7 Å². The van der Waals surface area contributed by atoms with E-state index in [0.29, 0.717) is 44.8 Å². The number of amides is 2. The molecule has 2 rings (SSSR count). The quantitative estimate of drug-likeness (QED) is 0.748. The second-order valence-corrected chi connectivity index (χ2v) is 7.94. The van der Waals surface area contributed by atoms with Crippen LogP contribution in [-0.2, 0) is 16.6 Å². The van der Waals surface area contributed by atoms with Crippen molar-refractivity contribution in [3.63, 3.8) is 0 Å². The summed E-state index contributed by atoms with van der Waals surface area (Å²) in [5.41, 5.74) is 0.905. The number of aromatic nitrogens is 1. The van der Waals surface area contributed by atoms with Gasteiger partial charge in [0.15, 0.2) is 0 Å². The van der Waals surface area contributed by atoms with E-state index in [2.05, 4.69) is 15.0 Å². The van der Waals surface area contributed by atoms with E-state index < -0.39 is 10.0 Å². The first-order chi connectivity index (χ1) is 11.9. The Bertz CT molecular complexity index is 672. The van der Waals surface area contributed by atoms with Gasteiger partial charge in [-0.25, -0.2) is 22.9 Å². The fourth-order valence-electron chi connectivity index (χ4n) is 2.74. The summed E-state index contributed by atoms with van der Waals surface area (Å²) in [4.78, 5) is 18.0. The monoisotopic (exact) mass is 370 g/mol. The second kappa shape index (κ2) is 9.00. The molecule has 2 amide bonds. The van der Waals surface area contributed by atoms with E-state index in [1.165, 1.54) is 0 Å². The molecule has 2 N–H and O–H groups in total. The molecule has 9 heteroatoms. The maximum Gasteiger partial charge on any atom is 0.317 e. The molecule has 1 aliphatic rings. The van der Waals surface area contributed by atoms with Crippen LogP contribution in [0.25, 0.3) is 0 Å². The minimum atomic E-state index is -3.21. The summed E-state index contributed by atoms with van der Waals surface area (Å²) in [6.45, 7) is 3.29. The molecule has 0 aromatic carbocycles. The molecule has 1 aromatic rings. The third kappa shape index (κ3) is 6.17. The maximum atomic E-state index is 12.2. The van der Waals surface area contributed by atoms with Crippen LogP contribution >= 0.6 is 0 Å². The minimum absolute atomic E-state index is 0.0925. The van der Waals surface area contributed by atoms with Crippen molar-refractivity contribution < 1.29 is 17.9 Å². The van der Waals surface area contributed by atoms with Crippen LogP contribution in [0.2, 0.25) is 0 Å². The van der Waals surface area contributed by atoms with Crippen LogP contribution in [-0.4, -0.2) is 56.3 Å². The number of hydrogen-bond acceptors (Lipinski definition) is 5. The summed E-state index contributed by atoms with van der Waals surface area (Å²) in [5, 5.41) is 2.87. The number of likely N-dealkylation sites (tertiary alicyclic amines) is 1. The molecule has 0 saturated carbocycles. The van der Waals surface area contributed by atoms with Crippen LogP contribution in [0.3, 0.4) is 0 Å². The molecule has 0 atom stereocenters. The Balaban J connectivity index is 1.77. The van der Waals surface area contributed by atoms with Gasteiger partial charge in [0.05, 0.1) is 12.9 Å². The molecule has 1 saturated heterocycles. The van der Waals surface area contributed by atoms with Crippen LogP contribution in [0.15, 0.2) is 18.3 Å². The molecule has 0 unspecified atom stereocenters. The van der Waals surface area contributed by atoms with Crippen LogP contribution in [0.5, 0.6) is 5.88 Å². The lowest BCUT2D eigenvalue weighted by molar-refractivity contribution is 0.179. The number of methoxy groups -OCH3 is 1. The lowest BCUT2D eigenvalue weighted by Gasteiger charge is -2.32. The molecular weight excluding hydrogens is 344 g/mol. The standard InChI is InChI=1S/C16H26N4O4S/c1-3-10-25(22,23)19-14-5-8-20(9-6-14)16(21)18-12-13-4-7-17-15(11-13)24-2/h4,7,11,14,19H,3,5-6,8-10,12H2,1-2H3,(H,18,21). The molecule has 0 radical (unpaired) electrons. The molecule has 0 bridgehead atoms. The molecule has 1 aromatic heterocycles. The van der Waals surface area contributed by atoms with Gasteiger partial charge in [-0.05, 0) is 30.9 Å². The number of carbonyl (C=O) groups is 1. The number of urea groups is 1. The molecule has 1 aliphatic heterocycles. The lowest BCUT2D eigenvalue weighted by Crippen LogP contribution is -2.49. The Kier molecular flexibility index (Phi) is 7.01. The van der Waals surface area contributed by atoms with Gasteiger partial charge in [-0.3, -0.25) is 0 Å². The van der Waals surface area contributed by atoms with E-state index in [1.54, 1.807) is 24.3 Å². The van der Waals surface area contributed by atoms with Gasteiger partial charge in [-0.15, -0.1) is 0 Å². The number of nitrogens with one attached hydrogen (secondary N) is 2. The molecule has 8 nitrogen and oxygen atoms in total. The average molecular weight is 370 g/mol. The van der Waals surface area contributed by atoms with Gasteiger partial charge in [0.1, 0.15) is 0 Å². The predicted molar refractivity (Wildman–Crippen MR) is 94.8 cm³/mol. The lowest BCUT2D eigenvalue weighted by atomic mass is 10.1. The van der Waals surface area contributed by atoms with Gasteiger partial charge in [-0.2, -0.15) is 0 Å². The third-order valence-corrected chi connectivity index (χ3v) is 5.69. The first kappa shape index (κ1) is 19.5. The van der Waals surface area contributed by atoms with Crippen molar-refractivity contribution >= 4 is 16.1 Å². The Morgan fingerprint density at radius 1 is 1.40 bits per heavy atom. The van der Waals surface area contributed by atoms with Gasteiger partial charge >= 0.3 is 6.03 Å². The number of sulfonamides is 1. The summed E-state index contributed by atoms with van der Waals surface area (Å²) in [5.74, 6) is 0.648. The first-order valence-corrected chi connectivity index (χ1v) is 10.1. The Morgan fingerprint density at radius 2 is 2.12 bits per heavy atom. The van der Waals surface area contributed by atoms with Crippen molar-refractivity contribution in [2.75, 3.05) is 26.0 Å². The highest BCUT2D eigenvalue weighted by molar-refractivity contribution is 7.89. The minimum Gasteiger partial charge on any atom is -0.481 e. The van der Waals surface area contributed by atoms with E-state index in [-0.39, 0.29) is 17.8 Å². The van der Waals surface area contributed by atoms with E-state index in [4.69, 9.17) is 4.74 Å². The fraction of sp³-hybridized carbons (Fsp3) is 0.625. The van der Waals surface area contributed by atoms with Crippen molar-refractivity contribution in [2.45, 2.75) is 38.8 Å². The second-order valence-electron chi connectivity index (χ2n) is 6.06. The number of ether oxygens (including phenoxy) is 1. The van der Waals surface area contributed by atoms with Crippen LogP contribution in [0.4, 0.5) is 4.79 Å². The number of rotatable bonds is 7. The van der Waals surface area contributed by atoms with Crippen molar-refractivity contribution in [3.05, 3.63) is 23.9 Å². The zero-order chi connectivity index (χ0) is 18.3. The van der Waals surface area contributed by atoms with E-state index in [1.807, 2.05) is 13.0 Å². The first-order valence-electron chi connectivity index (χ1n) is 8.45. The van der Waals surface area contributed by atoms with Gasteiger partial charge in [0, 0.05) is 37.9 Å². The van der Waals surface area contributed by atoms with Crippen molar-refractivity contribution in [1.82, 2.24) is 19.9 Å². The van der Waals surface area contributed by atoms with E-state index in [0.717, 1.165) is 5.56 Å². The molecule has 25 heavy (non-hydrogen) atoms. The predicted octanol–water partition coefficient (Wildman–Crippen LogP) is 1.09. The normalized spacial score (nSPS) is 15.8. The highest BCUT2D eigenvalue weighted by atomic mass is 32.2. The zero-order valence-corrected chi connectivity index (χ0v) is 15.5. The van der Waals surface area contributed by atoms with Gasteiger partial charge in [-0.1, -0.05) is 6.92 Å². The number of piperidine rings is 1. The summed E-state index contributed by atoms with van der Waals surface area (Å²) in [6.07, 6.45) is 3.48. The summed E-state index contributed by atoms with van der Waals surface area (Å²) in [7, 11) is -1.66. The molecule has 1 fully saturated rings. The van der Waals surface area contributed by atoms with E-state index in [9.17, 15) is 13.2 Å². The Morgan fingerprint density at radius 3 is 2.76 bits per heavy atom. The van der Waals surface area contributed by atoms with Crippen molar-refractivity contribution in [3.8, 4) is 5.88 Å². The maximum absolute atomic E-state index is 12.2. The number of nitrogens with zero attached hydrogens (tertiary/aromatic N) is 2. The third-order valence-electron chi connectivity index (χ3n) is 4.05. The number of carbonyl (C=O) groups excluding carboxylic acids is 1. The summed E-state index contributed by atoms with van der Waals surface area (Å²) >= 11 is 0. The highest BCUT2D eigenvalue weighted by Gasteiger charge is 2.25. The topological polar surface area (TPSA) is 101 Å². The number of hydrogen-bond donors (Lipinski definition) is 2. The van der Waals surface area contributed by atoms with E-state index >= 15 is 0 Å². The molecule has 2 heterocycles. The highest BCUT2D eigenvalue weighted by Crippen LogP contribution is 2.13. The fourth-order valence-corrected chi connectivity index (χ4v) is 4.14. The Hall–Kier alpha value is -1.87. The number of pyridine rings is 1. The van der Waals surface area contributed by atoms with Gasteiger partial charge in [0.2, 0.25) is 15.9 Å². The zero-order valence-electron chi connectivity index (χ0n) is 14.7. The Labute approximate surface area is 149 Å². The van der Waals surface area contributed by atoms with Crippen molar-refractivity contribution in [2.24, 2.45) is 0 Å². The van der Waals surface area contributed by atoms with Crippen LogP contribution < -0.4 is 14.8 Å². The molecule has 140 valence electrons.